The highest BCUT2D eigenvalue weighted by Crippen LogP contribution is 2.29. The molecule has 0 radical (unpaired) electrons. The van der Waals surface area contributed by atoms with Crippen LogP contribution in [-0.2, 0) is 20.7 Å². The number of amides is 1. The normalized spacial score (nSPS) is 17.1. The average molecular weight is 552 g/mol. The van der Waals surface area contributed by atoms with Crippen molar-refractivity contribution in [2.75, 3.05) is 51.3 Å². The van der Waals surface area contributed by atoms with E-state index in [0.29, 0.717) is 17.8 Å². The maximum absolute atomic E-state index is 12.6. The number of ether oxygens (including phenoxy) is 3. The number of rotatable bonds is 9. The van der Waals surface area contributed by atoms with Crippen LogP contribution < -0.4 is 9.64 Å². The van der Waals surface area contributed by atoms with Crippen molar-refractivity contribution in [1.82, 2.24) is 9.80 Å². The Kier molecular flexibility index (Phi) is 10.3. The van der Waals surface area contributed by atoms with Gasteiger partial charge in [0.05, 0.1) is 7.11 Å². The number of piperidine rings is 2. The van der Waals surface area contributed by atoms with Crippen LogP contribution in [0.25, 0.3) is 0 Å². The van der Waals surface area contributed by atoms with Gasteiger partial charge in [0.1, 0.15) is 11.4 Å². The quantitative estimate of drug-likeness (QED) is 0.399. The van der Waals surface area contributed by atoms with E-state index in [4.69, 9.17) is 9.47 Å². The Morgan fingerprint density at radius 2 is 1.48 bits per heavy atom. The van der Waals surface area contributed by atoms with Gasteiger partial charge < -0.3 is 24.0 Å². The van der Waals surface area contributed by atoms with Gasteiger partial charge in [-0.25, -0.2) is 9.59 Å². The van der Waals surface area contributed by atoms with Gasteiger partial charge in [0.15, 0.2) is 6.61 Å². The van der Waals surface area contributed by atoms with E-state index in [-0.39, 0.29) is 12.7 Å². The third kappa shape index (κ3) is 8.62. The minimum absolute atomic E-state index is 0.0865. The number of hydrogen-bond acceptors (Lipinski definition) is 7. The second-order valence-electron chi connectivity index (χ2n) is 11.7. The topological polar surface area (TPSA) is 71.6 Å². The predicted molar refractivity (Wildman–Crippen MR) is 157 cm³/mol. The van der Waals surface area contributed by atoms with Crippen LogP contribution in [0.3, 0.4) is 0 Å². The van der Waals surface area contributed by atoms with Crippen molar-refractivity contribution in [3.63, 3.8) is 0 Å². The Morgan fingerprint density at radius 1 is 0.875 bits per heavy atom. The van der Waals surface area contributed by atoms with E-state index < -0.39 is 11.6 Å². The molecule has 0 spiro atoms. The van der Waals surface area contributed by atoms with E-state index in [0.717, 1.165) is 64.8 Å². The van der Waals surface area contributed by atoms with Crippen LogP contribution in [0.1, 0.15) is 52.0 Å². The van der Waals surface area contributed by atoms with Crippen LogP contribution >= 0.6 is 0 Å². The molecule has 0 aliphatic carbocycles. The van der Waals surface area contributed by atoms with Gasteiger partial charge in [-0.3, -0.25) is 4.90 Å². The van der Waals surface area contributed by atoms with Crippen LogP contribution in [0.5, 0.6) is 5.75 Å². The highest BCUT2D eigenvalue weighted by molar-refractivity contribution is 5.71. The molecule has 2 aromatic rings. The lowest BCUT2D eigenvalue weighted by atomic mass is 9.95. The number of likely N-dealkylation sites (tertiary alicyclic amines) is 1. The number of methoxy groups -OCH3 is 1. The van der Waals surface area contributed by atoms with E-state index >= 15 is 0 Å². The molecule has 0 atom stereocenters. The van der Waals surface area contributed by atoms with Gasteiger partial charge in [-0.1, -0.05) is 30.3 Å². The summed E-state index contributed by atoms with van der Waals surface area (Å²) in [6.07, 6.45) is 4.98. The van der Waals surface area contributed by atoms with Crippen LogP contribution in [0.4, 0.5) is 10.5 Å². The molecule has 1 amide bonds. The largest absolute Gasteiger partial charge is 0.482 e. The van der Waals surface area contributed by atoms with E-state index in [1.165, 1.54) is 18.4 Å². The molecular weight excluding hydrogens is 506 g/mol. The first-order chi connectivity index (χ1) is 19.2. The summed E-state index contributed by atoms with van der Waals surface area (Å²) in [5, 5.41) is 0. The third-order valence-electron chi connectivity index (χ3n) is 7.81. The molecule has 0 aromatic heterocycles. The summed E-state index contributed by atoms with van der Waals surface area (Å²) in [5.74, 6) is 0.271. The van der Waals surface area contributed by atoms with Crippen molar-refractivity contribution < 1.29 is 23.8 Å². The van der Waals surface area contributed by atoms with Gasteiger partial charge in [-0.05, 0) is 82.7 Å². The predicted octanol–water partition coefficient (Wildman–Crippen LogP) is 5.15. The third-order valence-corrected chi connectivity index (χ3v) is 7.81. The molecule has 8 heteroatoms. The minimum atomic E-state index is -0.472. The highest BCUT2D eigenvalue weighted by atomic mass is 16.6. The first kappa shape index (κ1) is 29.7. The summed E-state index contributed by atoms with van der Waals surface area (Å²) < 4.78 is 15.8. The molecule has 0 N–H and O–H groups in total. The summed E-state index contributed by atoms with van der Waals surface area (Å²) >= 11 is 0. The van der Waals surface area contributed by atoms with Gasteiger partial charge in [-0.15, -0.1) is 0 Å². The molecule has 0 saturated carbocycles. The lowest BCUT2D eigenvalue weighted by Crippen LogP contribution is -2.54. The average Bonchev–Trinajstić information content (AvgIpc) is 2.96. The van der Waals surface area contributed by atoms with E-state index in [1.807, 2.05) is 37.8 Å². The number of esters is 1. The molecule has 2 aliphatic heterocycles. The van der Waals surface area contributed by atoms with Gasteiger partial charge in [0.2, 0.25) is 0 Å². The molecule has 0 unspecified atom stereocenters. The standard InChI is InChI=1S/C32H45N3O5/c1-32(2,3)40-31(37)34-21-17-28(18-22-34)35(23-14-25-8-6-5-7-9-25)27-15-19-33(20-16-27)26-10-12-29(13-11-26)39-24-30(36)38-4/h5-13,27-28H,14-24H2,1-4H3. The van der Waals surface area contributed by atoms with Crippen molar-refractivity contribution in [2.45, 2.75) is 70.6 Å². The molecule has 40 heavy (non-hydrogen) atoms. The molecule has 2 aliphatic rings. The van der Waals surface area contributed by atoms with Crippen molar-refractivity contribution in [3.8, 4) is 5.75 Å². The molecular formula is C32H45N3O5. The maximum atomic E-state index is 12.6. The monoisotopic (exact) mass is 551 g/mol. The highest BCUT2D eigenvalue weighted by Gasteiger charge is 2.34. The van der Waals surface area contributed by atoms with Gasteiger partial charge >= 0.3 is 12.1 Å². The second kappa shape index (κ2) is 13.9. The van der Waals surface area contributed by atoms with E-state index in [2.05, 4.69) is 57.0 Å². The lowest BCUT2D eigenvalue weighted by molar-refractivity contribution is -0.142. The van der Waals surface area contributed by atoms with Gasteiger partial charge in [0.25, 0.3) is 0 Å². The molecule has 218 valence electrons. The second-order valence-corrected chi connectivity index (χ2v) is 11.7. The smallest absolute Gasteiger partial charge is 0.410 e. The first-order valence-electron chi connectivity index (χ1n) is 14.5. The molecule has 2 heterocycles. The van der Waals surface area contributed by atoms with Crippen LogP contribution in [0.2, 0.25) is 0 Å². The zero-order valence-electron chi connectivity index (χ0n) is 24.5. The summed E-state index contributed by atoms with van der Waals surface area (Å²) in [7, 11) is 1.36. The number of carbonyl (C=O) groups excluding carboxylic acids is 2. The van der Waals surface area contributed by atoms with Gasteiger partial charge in [0, 0.05) is 50.5 Å². The fourth-order valence-electron chi connectivity index (χ4n) is 5.68. The van der Waals surface area contributed by atoms with Crippen LogP contribution in [-0.4, -0.2) is 86.0 Å². The van der Waals surface area contributed by atoms with E-state index in [9.17, 15) is 9.59 Å². The van der Waals surface area contributed by atoms with Crippen molar-refractivity contribution in [2.24, 2.45) is 0 Å². The summed E-state index contributed by atoms with van der Waals surface area (Å²) in [6, 6.07) is 19.6. The van der Waals surface area contributed by atoms with Crippen LogP contribution in [0, 0.1) is 0 Å². The van der Waals surface area contributed by atoms with E-state index in [1.54, 1.807) is 0 Å². The summed E-state index contributed by atoms with van der Waals surface area (Å²) in [4.78, 5) is 31.0. The SMILES string of the molecule is COC(=O)COc1ccc(N2CCC(N(CCc3ccccc3)C3CCN(C(=O)OC(C)(C)C)CC3)CC2)cc1. The number of hydrogen-bond donors (Lipinski definition) is 0. The Hall–Kier alpha value is -3.26. The van der Waals surface area contributed by atoms with Crippen LogP contribution in [0.15, 0.2) is 54.6 Å². The molecule has 2 saturated heterocycles. The Labute approximate surface area is 239 Å². The zero-order chi connectivity index (χ0) is 28.5. The Morgan fingerprint density at radius 3 is 2.05 bits per heavy atom. The molecule has 2 fully saturated rings. The Balaban J connectivity index is 1.35. The summed E-state index contributed by atoms with van der Waals surface area (Å²) in [6.45, 7) is 10.2. The lowest BCUT2D eigenvalue weighted by Gasteiger charge is -2.45. The van der Waals surface area contributed by atoms with Crippen molar-refractivity contribution >= 4 is 17.7 Å². The Bertz CT molecular complexity index is 1070. The minimum Gasteiger partial charge on any atom is -0.482 e. The number of benzene rings is 2. The molecule has 8 nitrogen and oxygen atoms in total. The fraction of sp³-hybridized carbons (Fsp3) is 0.562. The van der Waals surface area contributed by atoms with Gasteiger partial charge in [-0.2, -0.15) is 0 Å². The molecule has 4 rings (SSSR count). The van der Waals surface area contributed by atoms with Crippen molar-refractivity contribution in [1.29, 1.82) is 0 Å². The maximum Gasteiger partial charge on any atom is 0.410 e. The van der Waals surface area contributed by atoms with Crippen molar-refractivity contribution in [3.05, 3.63) is 60.2 Å². The first-order valence-corrected chi connectivity index (χ1v) is 14.5. The molecule has 2 aromatic carbocycles. The number of nitrogens with zero attached hydrogens (tertiary/aromatic N) is 3. The fourth-order valence-corrected chi connectivity index (χ4v) is 5.68. The molecule has 0 bridgehead atoms. The number of anilines is 1. The summed E-state index contributed by atoms with van der Waals surface area (Å²) in [5.41, 5.74) is 2.07. The zero-order valence-corrected chi connectivity index (χ0v) is 24.5. The number of carbonyl (C=O) groups is 2.